The van der Waals surface area contributed by atoms with Crippen molar-refractivity contribution in [2.45, 2.75) is 68.9 Å². The van der Waals surface area contributed by atoms with Crippen LogP contribution in [0.5, 0.6) is 0 Å². The molecule has 0 bridgehead atoms. The molecule has 1 nitrogen and oxygen atoms in total. The highest BCUT2D eigenvalue weighted by Gasteiger charge is 2.59. The number of aliphatic hydroxyl groups is 1. The predicted octanol–water partition coefficient (Wildman–Crippen LogP) is 4.37. The minimum atomic E-state index is -1.45. The van der Waals surface area contributed by atoms with Crippen molar-refractivity contribution >= 4 is 31.6 Å². The minimum Gasteiger partial charge on any atom is -0.377 e. The second kappa shape index (κ2) is 5.57. The molecule has 0 aromatic carbocycles. The maximum atomic E-state index is 11.3. The second-order valence-electron chi connectivity index (χ2n) is 7.64. The third-order valence-corrected chi connectivity index (χ3v) is 9.56. The third-order valence-electron chi connectivity index (χ3n) is 4.63. The predicted molar refractivity (Wildman–Crippen MR) is 96.0 cm³/mol. The van der Waals surface area contributed by atoms with Crippen LogP contribution in [0.15, 0.2) is 0 Å². The molecule has 2 rings (SSSR count). The standard InChI is InChI=1S/C16H28OS2Si/c1-14(2)15(17,10-13-20(3,4)5)8-6-9-16(14)18-11-7-12-19-16/h17H,6-9,11-12H2,1-5H3. The number of thioether (sulfide) groups is 2. The lowest BCUT2D eigenvalue weighted by atomic mass is 9.65. The van der Waals surface area contributed by atoms with Gasteiger partial charge in [0.05, 0.1) is 4.08 Å². The lowest BCUT2D eigenvalue weighted by Crippen LogP contribution is -2.59. The van der Waals surface area contributed by atoms with Crippen LogP contribution in [0.4, 0.5) is 0 Å². The zero-order valence-electron chi connectivity index (χ0n) is 13.5. The average Bonchev–Trinajstić information content (AvgIpc) is 2.35. The van der Waals surface area contributed by atoms with E-state index >= 15 is 0 Å². The van der Waals surface area contributed by atoms with E-state index < -0.39 is 13.7 Å². The molecule has 1 aliphatic heterocycles. The van der Waals surface area contributed by atoms with Crippen molar-refractivity contribution in [3.63, 3.8) is 0 Å². The summed E-state index contributed by atoms with van der Waals surface area (Å²) in [6, 6.07) is 0. The van der Waals surface area contributed by atoms with Crippen LogP contribution in [0.2, 0.25) is 19.6 Å². The summed E-state index contributed by atoms with van der Waals surface area (Å²) in [5.41, 5.74) is 2.46. The Morgan fingerprint density at radius 2 is 1.60 bits per heavy atom. The fraction of sp³-hybridized carbons (Fsp3) is 0.875. The van der Waals surface area contributed by atoms with Gasteiger partial charge in [-0.2, -0.15) is 0 Å². The first kappa shape index (κ1) is 16.8. The fourth-order valence-corrected chi connectivity index (χ4v) is 7.58. The summed E-state index contributed by atoms with van der Waals surface area (Å²) >= 11 is 4.15. The van der Waals surface area contributed by atoms with Gasteiger partial charge in [-0.3, -0.25) is 0 Å². The molecule has 1 spiro atoms. The van der Waals surface area contributed by atoms with Crippen LogP contribution in [-0.2, 0) is 0 Å². The molecule has 0 aromatic rings. The van der Waals surface area contributed by atoms with Gasteiger partial charge in [0.2, 0.25) is 0 Å². The van der Waals surface area contributed by atoms with Crippen LogP contribution in [0.3, 0.4) is 0 Å². The lowest BCUT2D eigenvalue weighted by molar-refractivity contribution is -0.0507. The van der Waals surface area contributed by atoms with Crippen LogP contribution in [-0.4, -0.2) is 34.4 Å². The zero-order valence-corrected chi connectivity index (χ0v) is 16.1. The molecule has 1 heterocycles. The molecule has 2 fully saturated rings. The molecule has 0 radical (unpaired) electrons. The normalized spacial score (nSPS) is 32.5. The van der Waals surface area contributed by atoms with Gasteiger partial charge < -0.3 is 5.11 Å². The monoisotopic (exact) mass is 328 g/mol. The number of hydrogen-bond acceptors (Lipinski definition) is 3. The molecule has 1 saturated carbocycles. The molecule has 4 heteroatoms. The Bertz CT molecular complexity index is 418. The van der Waals surface area contributed by atoms with Crippen molar-refractivity contribution in [1.29, 1.82) is 0 Å². The zero-order chi connectivity index (χ0) is 15.1. The Hall–Kier alpha value is 0.437. The fourth-order valence-electron chi connectivity index (χ4n) is 3.11. The van der Waals surface area contributed by atoms with E-state index in [2.05, 4.69) is 68.5 Å². The molecule has 1 unspecified atom stereocenters. The Kier molecular flexibility index (Phi) is 4.68. The first-order valence-corrected chi connectivity index (χ1v) is 13.1. The van der Waals surface area contributed by atoms with Gasteiger partial charge in [-0.15, -0.1) is 29.1 Å². The van der Waals surface area contributed by atoms with Crippen molar-refractivity contribution in [3.05, 3.63) is 0 Å². The van der Waals surface area contributed by atoms with Crippen LogP contribution in [0, 0.1) is 16.9 Å². The summed E-state index contributed by atoms with van der Waals surface area (Å²) < 4.78 is 0.159. The lowest BCUT2D eigenvalue weighted by Gasteiger charge is -2.57. The van der Waals surface area contributed by atoms with E-state index in [0.29, 0.717) is 0 Å². The van der Waals surface area contributed by atoms with Crippen molar-refractivity contribution in [1.82, 2.24) is 0 Å². The highest BCUT2D eigenvalue weighted by atomic mass is 32.2. The van der Waals surface area contributed by atoms with Gasteiger partial charge in [0.1, 0.15) is 13.7 Å². The first-order valence-electron chi connectivity index (χ1n) is 7.67. The molecule has 20 heavy (non-hydrogen) atoms. The SMILES string of the molecule is CC1(C)C(O)(C#C[Si](C)(C)C)CCCC12SCCCS2. The molecule has 1 atom stereocenters. The van der Waals surface area contributed by atoms with E-state index in [0.717, 1.165) is 12.8 Å². The quantitative estimate of drug-likeness (QED) is 0.526. The summed E-state index contributed by atoms with van der Waals surface area (Å²) in [7, 11) is -1.45. The molecule has 0 aromatic heterocycles. The van der Waals surface area contributed by atoms with Gasteiger partial charge in [0.25, 0.3) is 0 Å². The third kappa shape index (κ3) is 2.97. The first-order chi connectivity index (χ1) is 9.12. The highest BCUT2D eigenvalue weighted by molar-refractivity contribution is 8.18. The van der Waals surface area contributed by atoms with E-state index in [9.17, 15) is 5.11 Å². The summed E-state index contributed by atoms with van der Waals surface area (Å²) in [4.78, 5) is 0. The van der Waals surface area contributed by atoms with E-state index in [-0.39, 0.29) is 9.49 Å². The largest absolute Gasteiger partial charge is 0.377 e. The molecule has 114 valence electrons. The average molecular weight is 329 g/mol. The van der Waals surface area contributed by atoms with Gasteiger partial charge in [0.15, 0.2) is 0 Å². The molecular weight excluding hydrogens is 300 g/mol. The van der Waals surface area contributed by atoms with E-state index in [1.165, 1.54) is 24.3 Å². The van der Waals surface area contributed by atoms with Gasteiger partial charge in [-0.25, -0.2) is 0 Å². The Morgan fingerprint density at radius 3 is 2.15 bits per heavy atom. The minimum absolute atomic E-state index is 0.152. The molecule has 1 saturated heterocycles. The Balaban J connectivity index is 2.36. The summed E-state index contributed by atoms with van der Waals surface area (Å²) in [5.74, 6) is 5.80. The van der Waals surface area contributed by atoms with E-state index in [1.54, 1.807) is 0 Å². The van der Waals surface area contributed by atoms with Gasteiger partial charge in [-0.1, -0.05) is 39.4 Å². The smallest absolute Gasteiger partial charge is 0.132 e. The maximum absolute atomic E-state index is 11.3. The summed E-state index contributed by atoms with van der Waals surface area (Å²) in [6.45, 7) is 11.2. The second-order valence-corrected chi connectivity index (χ2v) is 15.4. The molecule has 1 N–H and O–H groups in total. The molecule has 0 amide bonds. The topological polar surface area (TPSA) is 20.2 Å². The summed E-state index contributed by atoms with van der Waals surface area (Å²) in [6.07, 6.45) is 4.44. The number of hydrogen-bond donors (Lipinski definition) is 1. The number of rotatable bonds is 0. The van der Waals surface area contributed by atoms with Crippen LogP contribution < -0.4 is 0 Å². The Morgan fingerprint density at radius 1 is 1.00 bits per heavy atom. The van der Waals surface area contributed by atoms with Crippen molar-refractivity contribution in [2.75, 3.05) is 11.5 Å². The molecule has 1 aliphatic carbocycles. The maximum Gasteiger partial charge on any atom is 0.132 e. The van der Waals surface area contributed by atoms with Crippen molar-refractivity contribution in [3.8, 4) is 11.5 Å². The highest BCUT2D eigenvalue weighted by Crippen LogP contribution is 2.63. The van der Waals surface area contributed by atoms with Crippen molar-refractivity contribution < 1.29 is 5.11 Å². The van der Waals surface area contributed by atoms with Gasteiger partial charge in [0, 0.05) is 5.41 Å². The van der Waals surface area contributed by atoms with Gasteiger partial charge >= 0.3 is 0 Å². The van der Waals surface area contributed by atoms with Crippen LogP contribution in [0.1, 0.15) is 39.5 Å². The molecule has 2 aliphatic rings. The Labute approximate surface area is 134 Å². The van der Waals surface area contributed by atoms with E-state index in [1.807, 2.05) is 0 Å². The van der Waals surface area contributed by atoms with Gasteiger partial charge in [-0.05, 0) is 37.2 Å². The van der Waals surface area contributed by atoms with Crippen LogP contribution in [0.25, 0.3) is 0 Å². The van der Waals surface area contributed by atoms with Crippen LogP contribution >= 0.6 is 23.5 Å². The van der Waals surface area contributed by atoms with Crippen molar-refractivity contribution in [2.24, 2.45) is 5.41 Å². The molecular formula is C16H28OS2Si. The summed E-state index contributed by atoms with van der Waals surface area (Å²) in [5, 5.41) is 11.3. The van der Waals surface area contributed by atoms with E-state index in [4.69, 9.17) is 0 Å².